The van der Waals surface area contributed by atoms with Crippen molar-refractivity contribution >= 4 is 17.3 Å². The topological polar surface area (TPSA) is 43.1 Å². The molecule has 0 bridgehead atoms. The molecular weight excluding hydrogens is 226 g/mol. The van der Waals surface area contributed by atoms with Crippen molar-refractivity contribution in [2.75, 3.05) is 0 Å². The maximum absolute atomic E-state index is 11.1. The van der Waals surface area contributed by atoms with Gasteiger partial charge in [0.1, 0.15) is 0 Å². The van der Waals surface area contributed by atoms with Crippen LogP contribution in [0.5, 0.6) is 0 Å². The molecule has 0 saturated carbocycles. The summed E-state index contributed by atoms with van der Waals surface area (Å²) in [5, 5.41) is 11.2. The fourth-order valence-corrected chi connectivity index (χ4v) is 1.42. The van der Waals surface area contributed by atoms with Crippen LogP contribution in [0.4, 0.5) is 5.69 Å². The van der Waals surface area contributed by atoms with Crippen molar-refractivity contribution in [3.05, 3.63) is 63.5 Å². The second kappa shape index (κ2) is 4.33. The van der Waals surface area contributed by atoms with Crippen LogP contribution in [-0.2, 0) is 0 Å². The highest BCUT2D eigenvalue weighted by atomic mass is 35.5. The predicted molar refractivity (Wildman–Crippen MR) is 63.5 cm³/mol. The molecule has 3 nitrogen and oxygen atoms in total. The fraction of sp³-hybridized carbons (Fsp3) is 0. The summed E-state index contributed by atoms with van der Waals surface area (Å²) in [6.07, 6.45) is 0. The molecule has 0 spiro atoms. The minimum Gasteiger partial charge on any atom is -0.258 e. The van der Waals surface area contributed by atoms with Gasteiger partial charge in [-0.1, -0.05) is 41.8 Å². The van der Waals surface area contributed by atoms with Crippen molar-refractivity contribution in [3.8, 4) is 11.1 Å². The standard InChI is InChI=1S/C12H8ClNO2/c13-10-6-7-11(12(8-10)14(15)16)9-4-2-1-3-5-9/h1-8H/i1D,2D,3D,4D,5D. The van der Waals surface area contributed by atoms with Crippen LogP contribution in [0.25, 0.3) is 11.1 Å². The van der Waals surface area contributed by atoms with Gasteiger partial charge in [-0.05, 0) is 17.7 Å². The third kappa shape index (κ3) is 2.04. The van der Waals surface area contributed by atoms with Gasteiger partial charge < -0.3 is 0 Å². The quantitative estimate of drug-likeness (QED) is 0.588. The van der Waals surface area contributed by atoms with Gasteiger partial charge in [0.25, 0.3) is 5.69 Å². The Morgan fingerprint density at radius 3 is 2.56 bits per heavy atom. The maximum atomic E-state index is 11.1. The highest BCUT2D eigenvalue weighted by Gasteiger charge is 2.15. The summed E-state index contributed by atoms with van der Waals surface area (Å²) < 4.78 is 38.4. The number of hydrogen-bond acceptors (Lipinski definition) is 2. The SMILES string of the molecule is [2H]c1c([2H])c([2H])c(-c2ccc(Cl)cc2[N+](=O)[O-])c([2H])c1[2H]. The molecule has 0 unspecified atom stereocenters. The molecule has 0 aromatic heterocycles. The molecule has 2 aromatic carbocycles. The van der Waals surface area contributed by atoms with Crippen LogP contribution in [0, 0.1) is 10.1 Å². The summed E-state index contributed by atoms with van der Waals surface area (Å²) in [4.78, 5) is 10.4. The van der Waals surface area contributed by atoms with Crippen LogP contribution in [0.15, 0.2) is 48.4 Å². The van der Waals surface area contributed by atoms with Gasteiger partial charge in [-0.25, -0.2) is 0 Å². The van der Waals surface area contributed by atoms with Gasteiger partial charge in [0.05, 0.1) is 17.3 Å². The van der Waals surface area contributed by atoms with Crippen molar-refractivity contribution in [3.63, 3.8) is 0 Å². The molecule has 4 heteroatoms. The molecule has 0 aliphatic heterocycles. The van der Waals surface area contributed by atoms with Crippen molar-refractivity contribution in [1.82, 2.24) is 0 Å². The Balaban J connectivity index is 2.89. The molecule has 0 atom stereocenters. The van der Waals surface area contributed by atoms with E-state index < -0.39 is 40.8 Å². The molecule has 0 heterocycles. The van der Waals surface area contributed by atoms with E-state index in [9.17, 15) is 10.1 Å². The molecule has 80 valence electrons. The van der Waals surface area contributed by atoms with E-state index >= 15 is 0 Å². The summed E-state index contributed by atoms with van der Waals surface area (Å²) in [5.41, 5.74) is -0.702. The van der Waals surface area contributed by atoms with Gasteiger partial charge >= 0.3 is 0 Å². The summed E-state index contributed by atoms with van der Waals surface area (Å²) in [6.45, 7) is 0. The zero-order valence-corrected chi connectivity index (χ0v) is 8.63. The van der Waals surface area contributed by atoms with Crippen LogP contribution in [-0.4, -0.2) is 4.92 Å². The first-order valence-corrected chi connectivity index (χ1v) is 4.64. The number of rotatable bonds is 2. The normalized spacial score (nSPS) is 14.4. The lowest BCUT2D eigenvalue weighted by Gasteiger charge is -2.03. The lowest BCUT2D eigenvalue weighted by molar-refractivity contribution is -0.384. The van der Waals surface area contributed by atoms with E-state index in [1.165, 1.54) is 12.1 Å². The molecule has 0 radical (unpaired) electrons. The Hall–Kier alpha value is -1.87. The van der Waals surface area contributed by atoms with E-state index in [-0.39, 0.29) is 16.1 Å². The Kier molecular flexibility index (Phi) is 1.63. The van der Waals surface area contributed by atoms with Crippen molar-refractivity contribution < 1.29 is 11.8 Å². The molecule has 0 aliphatic carbocycles. The Labute approximate surface area is 104 Å². The highest BCUT2D eigenvalue weighted by molar-refractivity contribution is 6.30. The lowest BCUT2D eigenvalue weighted by atomic mass is 10.0. The first-order chi connectivity index (χ1) is 9.75. The summed E-state index contributed by atoms with van der Waals surface area (Å²) in [5.74, 6) is 0. The van der Waals surface area contributed by atoms with Gasteiger partial charge in [0.15, 0.2) is 0 Å². The van der Waals surface area contributed by atoms with E-state index in [2.05, 4.69) is 0 Å². The second-order valence-corrected chi connectivity index (χ2v) is 3.36. The van der Waals surface area contributed by atoms with Crippen LogP contribution in [0.2, 0.25) is 5.02 Å². The van der Waals surface area contributed by atoms with Crippen LogP contribution < -0.4 is 0 Å². The Bertz CT molecular complexity index is 737. The summed E-state index contributed by atoms with van der Waals surface area (Å²) in [6, 6.07) is 1.09. The van der Waals surface area contributed by atoms with Gasteiger partial charge in [-0.15, -0.1) is 0 Å². The van der Waals surface area contributed by atoms with Crippen LogP contribution in [0.1, 0.15) is 6.85 Å². The molecular formula is C12H8ClNO2. The van der Waals surface area contributed by atoms with Crippen molar-refractivity contribution in [2.24, 2.45) is 0 Å². The number of hydrogen-bond donors (Lipinski definition) is 0. The minimum atomic E-state index is -0.706. The molecule has 2 aromatic rings. The number of nitro groups is 1. The molecule has 0 fully saturated rings. The molecule has 2 rings (SSSR count). The molecule has 0 saturated heterocycles. The number of nitro benzene ring substituents is 1. The van der Waals surface area contributed by atoms with Gasteiger partial charge in [-0.3, -0.25) is 10.1 Å². The third-order valence-electron chi connectivity index (χ3n) is 1.93. The first-order valence-electron chi connectivity index (χ1n) is 6.77. The van der Waals surface area contributed by atoms with E-state index in [4.69, 9.17) is 18.5 Å². The van der Waals surface area contributed by atoms with Gasteiger partial charge in [0.2, 0.25) is 0 Å². The van der Waals surface area contributed by atoms with E-state index in [1.807, 2.05) is 0 Å². The zero-order valence-electron chi connectivity index (χ0n) is 12.9. The van der Waals surface area contributed by atoms with Gasteiger partial charge in [-0.2, -0.15) is 0 Å². The van der Waals surface area contributed by atoms with Crippen LogP contribution in [0.3, 0.4) is 0 Å². The largest absolute Gasteiger partial charge is 0.278 e. The monoisotopic (exact) mass is 238 g/mol. The fourth-order valence-electron chi connectivity index (χ4n) is 1.25. The lowest BCUT2D eigenvalue weighted by Crippen LogP contribution is -1.91. The average Bonchev–Trinajstić information content (AvgIpc) is 2.44. The van der Waals surface area contributed by atoms with E-state index in [1.54, 1.807) is 0 Å². The first kappa shape index (κ1) is 6.01. The summed E-state index contributed by atoms with van der Waals surface area (Å²) in [7, 11) is 0. The van der Waals surface area contributed by atoms with E-state index in [0.29, 0.717) is 0 Å². The Morgan fingerprint density at radius 1 is 1.25 bits per heavy atom. The number of nitrogens with zero attached hydrogens (tertiary/aromatic N) is 1. The minimum absolute atomic E-state index is 0.0681. The third-order valence-corrected chi connectivity index (χ3v) is 2.16. The molecule has 0 N–H and O–H groups in total. The Morgan fingerprint density at radius 2 is 1.94 bits per heavy atom. The molecule has 0 amide bonds. The van der Waals surface area contributed by atoms with Crippen molar-refractivity contribution in [2.45, 2.75) is 0 Å². The van der Waals surface area contributed by atoms with E-state index in [0.717, 1.165) is 6.07 Å². The van der Waals surface area contributed by atoms with Crippen molar-refractivity contribution in [1.29, 1.82) is 0 Å². The molecule has 0 aliphatic rings. The predicted octanol–water partition coefficient (Wildman–Crippen LogP) is 3.92. The van der Waals surface area contributed by atoms with Gasteiger partial charge in [0, 0.05) is 11.1 Å². The maximum Gasteiger partial charge on any atom is 0.278 e. The number of halogens is 1. The summed E-state index contributed by atoms with van der Waals surface area (Å²) >= 11 is 5.71. The number of benzene rings is 2. The zero-order chi connectivity index (χ0) is 15.9. The van der Waals surface area contributed by atoms with Crippen LogP contribution >= 0.6 is 11.6 Å². The second-order valence-electron chi connectivity index (χ2n) is 2.92. The molecule has 16 heavy (non-hydrogen) atoms. The highest BCUT2D eigenvalue weighted by Crippen LogP contribution is 2.31. The smallest absolute Gasteiger partial charge is 0.258 e. The average molecular weight is 239 g/mol.